The van der Waals surface area contributed by atoms with E-state index >= 15 is 0 Å². The predicted octanol–water partition coefficient (Wildman–Crippen LogP) is 2.72. The molecular formula is C18H25N3O2. The van der Waals surface area contributed by atoms with Gasteiger partial charge in [0.25, 0.3) is 0 Å². The number of aliphatic hydroxyl groups is 1. The van der Waals surface area contributed by atoms with Gasteiger partial charge in [0, 0.05) is 20.1 Å². The van der Waals surface area contributed by atoms with Crippen LogP contribution in [0.25, 0.3) is 0 Å². The van der Waals surface area contributed by atoms with Crippen LogP contribution in [0, 0.1) is 6.92 Å². The molecule has 0 aliphatic carbocycles. The number of benzene rings is 1. The Morgan fingerprint density at radius 2 is 2.04 bits per heavy atom. The lowest BCUT2D eigenvalue weighted by molar-refractivity contribution is 0.158. The number of aliphatic hydroxyl groups excluding tert-OH is 1. The van der Waals surface area contributed by atoms with Gasteiger partial charge in [0.2, 0.25) is 0 Å². The molecule has 124 valence electrons. The van der Waals surface area contributed by atoms with E-state index in [4.69, 9.17) is 4.42 Å². The molecule has 2 rings (SSSR count). The maximum atomic E-state index is 10.1. The van der Waals surface area contributed by atoms with Gasteiger partial charge in [-0.1, -0.05) is 29.8 Å². The van der Waals surface area contributed by atoms with Crippen LogP contribution in [-0.4, -0.2) is 36.1 Å². The van der Waals surface area contributed by atoms with Crippen molar-refractivity contribution in [2.75, 3.05) is 20.1 Å². The lowest BCUT2D eigenvalue weighted by Crippen LogP contribution is -2.38. The number of nitrogens with zero attached hydrogens (tertiary/aromatic N) is 2. The maximum absolute atomic E-state index is 10.1. The third-order valence-electron chi connectivity index (χ3n) is 3.52. The summed E-state index contributed by atoms with van der Waals surface area (Å²) in [6.07, 6.45) is 0.822. The van der Waals surface area contributed by atoms with Crippen molar-refractivity contribution in [3.63, 3.8) is 0 Å². The van der Waals surface area contributed by atoms with Crippen LogP contribution in [0.4, 0.5) is 0 Å². The van der Waals surface area contributed by atoms with E-state index in [9.17, 15) is 5.11 Å². The molecule has 0 aliphatic heterocycles. The SMILES string of the molecule is CCNC(=NCC(O)c1ccco1)N(C)Cc1ccc(C)cc1. The molecule has 1 unspecified atom stereocenters. The van der Waals surface area contributed by atoms with Gasteiger partial charge in [-0.2, -0.15) is 0 Å². The number of hydrogen-bond acceptors (Lipinski definition) is 3. The van der Waals surface area contributed by atoms with Gasteiger partial charge in [-0.05, 0) is 31.5 Å². The first-order valence-electron chi connectivity index (χ1n) is 7.86. The van der Waals surface area contributed by atoms with E-state index in [1.165, 1.54) is 11.1 Å². The summed E-state index contributed by atoms with van der Waals surface area (Å²) in [5.74, 6) is 1.30. The van der Waals surface area contributed by atoms with Crippen LogP contribution in [-0.2, 0) is 6.54 Å². The smallest absolute Gasteiger partial charge is 0.194 e. The molecule has 0 saturated heterocycles. The van der Waals surface area contributed by atoms with E-state index in [-0.39, 0.29) is 6.54 Å². The van der Waals surface area contributed by atoms with Gasteiger partial charge in [-0.25, -0.2) is 4.99 Å². The molecule has 1 aromatic heterocycles. The van der Waals surface area contributed by atoms with E-state index in [2.05, 4.69) is 41.5 Å². The molecular weight excluding hydrogens is 290 g/mol. The minimum Gasteiger partial charge on any atom is -0.467 e. The molecule has 0 aliphatic rings. The Morgan fingerprint density at radius 1 is 1.30 bits per heavy atom. The molecule has 2 N–H and O–H groups in total. The van der Waals surface area contributed by atoms with Gasteiger partial charge >= 0.3 is 0 Å². The summed E-state index contributed by atoms with van der Waals surface area (Å²) in [7, 11) is 1.99. The topological polar surface area (TPSA) is 61.0 Å². The van der Waals surface area contributed by atoms with Crippen molar-refractivity contribution < 1.29 is 9.52 Å². The molecule has 0 bridgehead atoms. The first-order chi connectivity index (χ1) is 11.1. The minimum absolute atomic E-state index is 0.258. The molecule has 0 fully saturated rings. The molecule has 1 aromatic carbocycles. The van der Waals surface area contributed by atoms with E-state index in [0.29, 0.717) is 5.76 Å². The molecule has 1 atom stereocenters. The second-order valence-corrected chi connectivity index (χ2v) is 5.57. The number of furan rings is 1. The van der Waals surface area contributed by atoms with Crippen LogP contribution >= 0.6 is 0 Å². The molecule has 2 aromatic rings. The Labute approximate surface area is 137 Å². The summed E-state index contributed by atoms with van der Waals surface area (Å²) < 4.78 is 5.20. The number of rotatable bonds is 6. The molecule has 5 nitrogen and oxygen atoms in total. The quantitative estimate of drug-likeness (QED) is 0.635. The van der Waals surface area contributed by atoms with Crippen molar-refractivity contribution in [1.29, 1.82) is 0 Å². The highest BCUT2D eigenvalue weighted by Crippen LogP contribution is 2.13. The van der Waals surface area contributed by atoms with Crippen LogP contribution in [0.1, 0.15) is 29.9 Å². The van der Waals surface area contributed by atoms with E-state index < -0.39 is 6.10 Å². The molecule has 1 heterocycles. The van der Waals surface area contributed by atoms with E-state index in [1.54, 1.807) is 18.4 Å². The predicted molar refractivity (Wildman–Crippen MR) is 92.3 cm³/mol. The summed E-state index contributed by atoms with van der Waals surface area (Å²) in [6, 6.07) is 12.0. The second kappa shape index (κ2) is 8.39. The number of aryl methyl sites for hydroxylation is 1. The fraction of sp³-hybridized carbons (Fsp3) is 0.389. The van der Waals surface area contributed by atoms with Crippen molar-refractivity contribution in [3.05, 3.63) is 59.5 Å². The van der Waals surface area contributed by atoms with Crippen LogP contribution < -0.4 is 5.32 Å². The Morgan fingerprint density at radius 3 is 2.65 bits per heavy atom. The second-order valence-electron chi connectivity index (χ2n) is 5.57. The van der Waals surface area contributed by atoms with Crippen molar-refractivity contribution in [2.45, 2.75) is 26.5 Å². The highest BCUT2D eigenvalue weighted by molar-refractivity contribution is 5.79. The van der Waals surface area contributed by atoms with Gasteiger partial charge in [0.15, 0.2) is 5.96 Å². The molecule has 23 heavy (non-hydrogen) atoms. The van der Waals surface area contributed by atoms with Crippen molar-refractivity contribution >= 4 is 5.96 Å². The summed E-state index contributed by atoms with van der Waals surface area (Å²) >= 11 is 0. The Kier molecular flexibility index (Phi) is 6.23. The Hall–Kier alpha value is -2.27. The molecule has 0 radical (unpaired) electrons. The van der Waals surface area contributed by atoms with Crippen molar-refractivity contribution in [2.24, 2.45) is 4.99 Å². The van der Waals surface area contributed by atoms with Crippen LogP contribution in [0.5, 0.6) is 0 Å². The van der Waals surface area contributed by atoms with Crippen LogP contribution in [0.3, 0.4) is 0 Å². The standard InChI is InChI=1S/C18H25N3O2/c1-4-19-18(20-12-16(22)17-6-5-11-23-17)21(3)13-15-9-7-14(2)8-10-15/h5-11,16,22H,4,12-13H2,1-3H3,(H,19,20). The molecule has 0 spiro atoms. The molecule has 5 heteroatoms. The lowest BCUT2D eigenvalue weighted by atomic mass is 10.1. The Balaban J connectivity index is 2.00. The van der Waals surface area contributed by atoms with Crippen molar-refractivity contribution in [1.82, 2.24) is 10.2 Å². The zero-order chi connectivity index (χ0) is 16.7. The number of guanidine groups is 1. The maximum Gasteiger partial charge on any atom is 0.194 e. The lowest BCUT2D eigenvalue weighted by Gasteiger charge is -2.22. The van der Waals surface area contributed by atoms with Gasteiger partial charge in [-0.15, -0.1) is 0 Å². The highest BCUT2D eigenvalue weighted by Gasteiger charge is 2.12. The van der Waals surface area contributed by atoms with E-state index in [0.717, 1.165) is 19.0 Å². The van der Waals surface area contributed by atoms with Gasteiger partial charge in [0.1, 0.15) is 11.9 Å². The average molecular weight is 315 g/mol. The monoisotopic (exact) mass is 315 g/mol. The summed E-state index contributed by atoms with van der Waals surface area (Å²) in [5, 5.41) is 13.3. The summed E-state index contributed by atoms with van der Waals surface area (Å²) in [6.45, 7) is 5.89. The van der Waals surface area contributed by atoms with Crippen LogP contribution in [0.2, 0.25) is 0 Å². The van der Waals surface area contributed by atoms with Crippen molar-refractivity contribution in [3.8, 4) is 0 Å². The number of aliphatic imine (C=N–C) groups is 1. The van der Waals surface area contributed by atoms with Crippen LogP contribution in [0.15, 0.2) is 52.1 Å². The third-order valence-corrected chi connectivity index (χ3v) is 3.52. The average Bonchev–Trinajstić information content (AvgIpc) is 3.07. The van der Waals surface area contributed by atoms with Gasteiger partial charge < -0.3 is 19.7 Å². The first kappa shape index (κ1) is 17.1. The van der Waals surface area contributed by atoms with E-state index in [1.807, 2.05) is 18.9 Å². The minimum atomic E-state index is -0.730. The highest BCUT2D eigenvalue weighted by atomic mass is 16.4. The number of nitrogens with one attached hydrogen (secondary N) is 1. The fourth-order valence-corrected chi connectivity index (χ4v) is 2.26. The van der Waals surface area contributed by atoms with Gasteiger partial charge in [-0.3, -0.25) is 0 Å². The summed E-state index contributed by atoms with van der Waals surface area (Å²) in [4.78, 5) is 6.55. The largest absolute Gasteiger partial charge is 0.467 e. The fourth-order valence-electron chi connectivity index (χ4n) is 2.26. The Bertz CT molecular complexity index is 606. The molecule has 0 amide bonds. The van der Waals surface area contributed by atoms with Gasteiger partial charge in [0.05, 0.1) is 12.8 Å². The molecule has 0 saturated carbocycles. The zero-order valence-electron chi connectivity index (χ0n) is 14.0. The number of hydrogen-bond donors (Lipinski definition) is 2. The zero-order valence-corrected chi connectivity index (χ0v) is 14.0. The summed E-state index contributed by atoms with van der Waals surface area (Å²) in [5.41, 5.74) is 2.47. The third kappa shape index (κ3) is 5.14. The normalized spacial score (nSPS) is 13.0. The first-order valence-corrected chi connectivity index (χ1v) is 7.86.